The first-order valence-electron chi connectivity index (χ1n) is 20.5. The molecule has 0 fully saturated rings. The van der Waals surface area contributed by atoms with Crippen LogP contribution in [0.2, 0.25) is 0 Å². The number of benzene rings is 9. The van der Waals surface area contributed by atoms with Gasteiger partial charge in [-0.15, -0.1) is 0 Å². The second-order valence-electron chi connectivity index (χ2n) is 14.2. The van der Waals surface area contributed by atoms with Crippen LogP contribution in [0.25, 0.3) is 11.1 Å². The van der Waals surface area contributed by atoms with Crippen molar-refractivity contribution < 1.29 is 22.0 Å². The molecule has 311 valence electrons. The van der Waals surface area contributed by atoms with Gasteiger partial charge < -0.3 is 0 Å². The summed E-state index contributed by atoms with van der Waals surface area (Å²) in [6.07, 6.45) is 2.03. The summed E-state index contributed by atoms with van der Waals surface area (Å²) in [5.41, 5.74) is 5.54. The van der Waals surface area contributed by atoms with Gasteiger partial charge in [-0.05, 0) is 83.2 Å². The maximum absolute atomic E-state index is 7.50. The van der Waals surface area contributed by atoms with E-state index in [-0.39, 0.29) is 0 Å². The molecule has 0 aliphatic heterocycles. The van der Waals surface area contributed by atoms with Crippen LogP contribution in [0.15, 0.2) is 261 Å². The monoisotopic (exact) mass is 977 g/mol. The Labute approximate surface area is 392 Å². The second kappa shape index (κ2) is 26.5. The van der Waals surface area contributed by atoms with Gasteiger partial charge in [-0.3, -0.25) is 0 Å². The third-order valence-corrected chi connectivity index (χ3v) is 17.7. The average molecular weight is 977 g/mol. The largest absolute Gasteiger partial charge is 0.0622 e. The first kappa shape index (κ1) is 47.4. The predicted molar refractivity (Wildman–Crippen MR) is 272 cm³/mol. The number of rotatable bonds is 12. The summed E-state index contributed by atoms with van der Waals surface area (Å²) in [7, 11) is 3.07. The molecule has 9 aromatic rings. The van der Waals surface area contributed by atoms with Gasteiger partial charge in [0.1, 0.15) is 0 Å². The Bertz CT molecular complexity index is 2360. The summed E-state index contributed by atoms with van der Waals surface area (Å²) in [6, 6.07) is 94.6. The van der Waals surface area contributed by atoms with Gasteiger partial charge in [0.25, 0.3) is 0 Å². The Morgan fingerprint density at radius 3 is 0.714 bits per heavy atom. The second-order valence-corrected chi connectivity index (χ2v) is 20.8. The standard InChI is InChI=1S/C38H32P2.C18H15P.CO.ClH.Ru/c1-5-19-33(20-6-1)39(34-21-7-2-8-22-34)29-31-17-13-15-27-37(31)38-28-16-14-18-32(38)30-40(35-23-9-3-10-24-35)36-25-11-4-12-26-36;1-4-10-16(11-5-1)19(17-12-6-2-7-13-17)18-14-8-3-9-15-18;1-2;;/h1-28H,29-30H2;1-15H;;1H;/q;;;;+1/p-1. The fraction of sp³-hybridized carbons (Fsp3) is 0.0351. The van der Waals surface area contributed by atoms with Crippen molar-refractivity contribution >= 4 is 70.6 Å². The van der Waals surface area contributed by atoms with Crippen LogP contribution in [0.4, 0.5) is 0 Å². The zero-order chi connectivity index (χ0) is 43.9. The molecule has 1 nitrogen and oxygen atoms in total. The molecule has 9 rings (SSSR count). The Morgan fingerprint density at radius 1 is 0.286 bits per heavy atom. The van der Waals surface area contributed by atoms with Crippen LogP contribution in [0.5, 0.6) is 0 Å². The van der Waals surface area contributed by atoms with Crippen molar-refractivity contribution in [2.45, 2.75) is 12.3 Å². The zero-order valence-electron chi connectivity index (χ0n) is 34.7. The number of hydrogen-bond acceptors (Lipinski definition) is 0. The van der Waals surface area contributed by atoms with Crippen molar-refractivity contribution in [1.29, 1.82) is 0 Å². The van der Waals surface area contributed by atoms with Gasteiger partial charge in [-0.2, -0.15) is 0 Å². The summed E-state index contributed by atoms with van der Waals surface area (Å²) in [5.74, 6) is 0. The summed E-state index contributed by atoms with van der Waals surface area (Å²) in [4.78, 5) is 0. The van der Waals surface area contributed by atoms with E-state index in [1.807, 2.05) is 17.3 Å². The van der Waals surface area contributed by atoms with Gasteiger partial charge in [0.05, 0.1) is 0 Å². The van der Waals surface area contributed by atoms with Crippen LogP contribution in [-0.2, 0) is 34.3 Å². The molecule has 0 atom stereocenters. The van der Waals surface area contributed by atoms with E-state index < -0.39 is 23.8 Å². The molecule has 9 aromatic carbocycles. The SMILES string of the molecule is [C-]#[O+].[Cl][Ru].c1ccc(P(Cc2ccccc2-c2ccccc2CP(c2ccccc2)c2ccccc2)c2ccccc2)cc1.c1ccc(P(c2ccccc2)c2ccccc2)cc1. The summed E-state index contributed by atoms with van der Waals surface area (Å²) in [6.45, 7) is 4.50. The molecule has 0 aliphatic carbocycles. The smallest absolute Gasteiger partial charge is 0.00136 e. The van der Waals surface area contributed by atoms with E-state index in [4.69, 9.17) is 4.65 Å². The van der Waals surface area contributed by atoms with Crippen molar-refractivity contribution in [1.82, 2.24) is 0 Å². The Morgan fingerprint density at radius 2 is 0.476 bits per heavy atom. The van der Waals surface area contributed by atoms with Gasteiger partial charge in [0.2, 0.25) is 0 Å². The maximum Gasteiger partial charge on any atom is 0.00136 e. The maximum atomic E-state index is 7.50. The average Bonchev–Trinajstić information content (AvgIpc) is 3.39. The third-order valence-electron chi connectivity index (χ3n) is 10.3. The van der Waals surface area contributed by atoms with Crippen LogP contribution in [0, 0.1) is 6.65 Å². The summed E-state index contributed by atoms with van der Waals surface area (Å²) >= 11 is 1.82. The molecule has 0 bridgehead atoms. The molecule has 0 aromatic heterocycles. The number of hydrogen-bond donors (Lipinski definition) is 0. The van der Waals surface area contributed by atoms with E-state index in [0.717, 1.165) is 12.3 Å². The molecule has 63 heavy (non-hydrogen) atoms. The third kappa shape index (κ3) is 13.5. The van der Waals surface area contributed by atoms with Gasteiger partial charge in [-0.25, -0.2) is 0 Å². The minimum atomic E-state index is -0.528. The minimum Gasteiger partial charge on any atom is -0.0622 e. The van der Waals surface area contributed by atoms with E-state index in [0.29, 0.717) is 0 Å². The first-order chi connectivity index (χ1) is 31.3. The van der Waals surface area contributed by atoms with Crippen LogP contribution < -0.4 is 37.1 Å². The molecule has 0 amide bonds. The fourth-order valence-electron chi connectivity index (χ4n) is 7.46. The Hall–Kier alpha value is -5.08. The fourth-order valence-corrected chi connectivity index (χ4v) is 14.4. The molecule has 0 unspecified atom stereocenters. The topological polar surface area (TPSA) is 19.9 Å². The van der Waals surface area contributed by atoms with E-state index in [1.54, 1.807) is 0 Å². The van der Waals surface area contributed by atoms with Gasteiger partial charge in [0, 0.05) is 12.3 Å². The molecule has 0 saturated carbocycles. The van der Waals surface area contributed by atoms with E-state index >= 15 is 0 Å². The van der Waals surface area contributed by atoms with Crippen LogP contribution in [0.1, 0.15) is 11.1 Å². The quantitative estimate of drug-likeness (QED) is 0.0503. The van der Waals surface area contributed by atoms with Crippen molar-refractivity contribution in [2.24, 2.45) is 0 Å². The molecule has 0 saturated heterocycles. The van der Waals surface area contributed by atoms with Crippen molar-refractivity contribution in [3.8, 4) is 11.1 Å². The predicted octanol–water partition coefficient (Wildman–Crippen LogP) is 12.7. The van der Waals surface area contributed by atoms with E-state index in [2.05, 4.69) is 277 Å². The Balaban J connectivity index is 0.000000240. The molecule has 0 radical (unpaired) electrons. The molecule has 0 N–H and O–H groups in total. The van der Waals surface area contributed by atoms with Gasteiger partial charge in [-0.1, -0.05) is 261 Å². The molecule has 0 heterocycles. The Kier molecular flexibility index (Phi) is 20.0. The van der Waals surface area contributed by atoms with Crippen molar-refractivity contribution in [3.05, 3.63) is 279 Å². The van der Waals surface area contributed by atoms with Crippen LogP contribution in [-0.4, -0.2) is 0 Å². The summed E-state index contributed by atoms with van der Waals surface area (Å²) in [5, 5.41) is 9.87. The van der Waals surface area contributed by atoms with Crippen molar-refractivity contribution in [2.75, 3.05) is 0 Å². The first-order valence-corrected chi connectivity index (χ1v) is 27.2. The summed E-state index contributed by atoms with van der Waals surface area (Å²) < 4.78 is 7.50. The molecular formula is C57H47ClOP3Ru. The van der Waals surface area contributed by atoms with Gasteiger partial charge in [0.15, 0.2) is 0 Å². The minimum absolute atomic E-state index is 0.446. The molecule has 6 heteroatoms. The molecular weight excluding hydrogens is 930 g/mol. The van der Waals surface area contributed by atoms with Crippen molar-refractivity contribution in [3.63, 3.8) is 0 Å². The zero-order valence-corrected chi connectivity index (χ0v) is 39.9. The van der Waals surface area contributed by atoms with E-state index in [9.17, 15) is 0 Å². The number of halogens is 1. The molecule has 0 spiro atoms. The van der Waals surface area contributed by atoms with Gasteiger partial charge >= 0.3 is 38.3 Å². The molecule has 0 aliphatic rings. The normalized spacial score (nSPS) is 10.4. The van der Waals surface area contributed by atoms with Crippen LogP contribution in [0.3, 0.4) is 0 Å². The van der Waals surface area contributed by atoms with E-state index in [1.165, 1.54) is 59.4 Å². The van der Waals surface area contributed by atoms with Crippen LogP contribution >= 0.6 is 33.5 Å².